The fourth-order valence-electron chi connectivity index (χ4n) is 3.58. The van der Waals surface area contributed by atoms with Crippen LogP contribution in [0.2, 0.25) is 0 Å². The van der Waals surface area contributed by atoms with Crippen molar-refractivity contribution in [2.45, 2.75) is 64.0 Å². The average molecular weight is 210 g/mol. The minimum atomic E-state index is 0.403. The van der Waals surface area contributed by atoms with Crippen molar-refractivity contribution in [2.75, 3.05) is 6.54 Å². The molecule has 0 aromatic heterocycles. The van der Waals surface area contributed by atoms with Crippen LogP contribution in [0.5, 0.6) is 0 Å². The zero-order chi connectivity index (χ0) is 10.7. The van der Waals surface area contributed by atoms with Gasteiger partial charge in [0, 0.05) is 18.6 Å². The third-order valence-electron chi connectivity index (χ3n) is 4.43. The first-order valence-electron chi connectivity index (χ1n) is 6.80. The summed E-state index contributed by atoms with van der Waals surface area (Å²) in [4.78, 5) is 0. The SMILES string of the molecule is CCC1NCC(N)CC1C1CCCCC1. The second-order valence-corrected chi connectivity index (χ2v) is 5.48. The second-order valence-electron chi connectivity index (χ2n) is 5.48. The van der Waals surface area contributed by atoms with Gasteiger partial charge in [0.25, 0.3) is 0 Å². The maximum Gasteiger partial charge on any atom is 0.0168 e. The van der Waals surface area contributed by atoms with E-state index in [0.29, 0.717) is 6.04 Å². The maximum absolute atomic E-state index is 6.09. The second kappa shape index (κ2) is 5.31. The number of hydrogen-bond donors (Lipinski definition) is 2. The molecule has 2 nitrogen and oxygen atoms in total. The lowest BCUT2D eigenvalue weighted by Gasteiger charge is -2.41. The van der Waals surface area contributed by atoms with Crippen molar-refractivity contribution in [1.29, 1.82) is 0 Å². The minimum absolute atomic E-state index is 0.403. The van der Waals surface area contributed by atoms with Crippen LogP contribution in [0, 0.1) is 11.8 Å². The smallest absolute Gasteiger partial charge is 0.0168 e. The Hall–Kier alpha value is -0.0800. The molecule has 3 unspecified atom stereocenters. The van der Waals surface area contributed by atoms with Crippen molar-refractivity contribution in [3.8, 4) is 0 Å². The summed E-state index contributed by atoms with van der Waals surface area (Å²) in [5.41, 5.74) is 6.09. The molecule has 3 atom stereocenters. The summed E-state index contributed by atoms with van der Waals surface area (Å²) in [7, 11) is 0. The van der Waals surface area contributed by atoms with Crippen molar-refractivity contribution >= 4 is 0 Å². The number of hydrogen-bond acceptors (Lipinski definition) is 2. The van der Waals surface area contributed by atoms with E-state index >= 15 is 0 Å². The molecular formula is C13H26N2. The molecule has 0 aromatic rings. The van der Waals surface area contributed by atoms with Gasteiger partial charge in [-0.15, -0.1) is 0 Å². The number of piperidine rings is 1. The fraction of sp³-hybridized carbons (Fsp3) is 1.00. The topological polar surface area (TPSA) is 38.0 Å². The molecular weight excluding hydrogens is 184 g/mol. The Labute approximate surface area is 94.0 Å². The van der Waals surface area contributed by atoms with Crippen molar-refractivity contribution < 1.29 is 0 Å². The number of nitrogens with one attached hydrogen (secondary N) is 1. The van der Waals surface area contributed by atoms with Crippen molar-refractivity contribution in [1.82, 2.24) is 5.32 Å². The van der Waals surface area contributed by atoms with Gasteiger partial charge in [0.1, 0.15) is 0 Å². The number of rotatable bonds is 2. The molecule has 0 aromatic carbocycles. The normalized spacial score (nSPS) is 39.2. The van der Waals surface area contributed by atoms with Gasteiger partial charge in [-0.3, -0.25) is 0 Å². The molecule has 2 aliphatic rings. The highest BCUT2D eigenvalue weighted by Crippen LogP contribution is 2.36. The first-order valence-corrected chi connectivity index (χ1v) is 6.80. The molecule has 2 heteroatoms. The highest BCUT2D eigenvalue weighted by atomic mass is 15.0. The molecule has 1 saturated carbocycles. The molecule has 0 amide bonds. The zero-order valence-corrected chi connectivity index (χ0v) is 10.0. The van der Waals surface area contributed by atoms with Crippen LogP contribution in [0.4, 0.5) is 0 Å². The molecule has 1 heterocycles. The Balaban J connectivity index is 1.95. The van der Waals surface area contributed by atoms with Crippen LogP contribution in [0.1, 0.15) is 51.9 Å². The Bertz CT molecular complexity index is 187. The summed E-state index contributed by atoms with van der Waals surface area (Å²) in [5, 5.41) is 3.64. The van der Waals surface area contributed by atoms with E-state index in [2.05, 4.69) is 12.2 Å². The molecule has 88 valence electrons. The van der Waals surface area contributed by atoms with Crippen LogP contribution in [0.3, 0.4) is 0 Å². The molecule has 1 aliphatic carbocycles. The lowest BCUT2D eigenvalue weighted by Crippen LogP contribution is -2.52. The van der Waals surface area contributed by atoms with E-state index in [0.717, 1.165) is 24.4 Å². The Kier molecular flexibility index (Phi) is 4.04. The van der Waals surface area contributed by atoms with Crippen molar-refractivity contribution in [2.24, 2.45) is 17.6 Å². The van der Waals surface area contributed by atoms with Gasteiger partial charge < -0.3 is 11.1 Å². The largest absolute Gasteiger partial charge is 0.327 e. The van der Waals surface area contributed by atoms with E-state index in [9.17, 15) is 0 Å². The molecule has 0 spiro atoms. The monoisotopic (exact) mass is 210 g/mol. The first-order chi connectivity index (χ1) is 7.31. The van der Waals surface area contributed by atoms with Gasteiger partial charge in [-0.05, 0) is 24.7 Å². The van der Waals surface area contributed by atoms with Gasteiger partial charge in [0.2, 0.25) is 0 Å². The van der Waals surface area contributed by atoms with E-state index in [1.54, 1.807) is 0 Å². The van der Waals surface area contributed by atoms with E-state index < -0.39 is 0 Å². The van der Waals surface area contributed by atoms with Gasteiger partial charge in [0.05, 0.1) is 0 Å². The van der Waals surface area contributed by atoms with Gasteiger partial charge in [-0.1, -0.05) is 39.0 Å². The summed E-state index contributed by atoms with van der Waals surface area (Å²) >= 11 is 0. The Morgan fingerprint density at radius 2 is 1.93 bits per heavy atom. The van der Waals surface area contributed by atoms with Crippen LogP contribution in [-0.4, -0.2) is 18.6 Å². The minimum Gasteiger partial charge on any atom is -0.327 e. The summed E-state index contributed by atoms with van der Waals surface area (Å²) < 4.78 is 0. The molecule has 15 heavy (non-hydrogen) atoms. The van der Waals surface area contributed by atoms with Gasteiger partial charge >= 0.3 is 0 Å². The highest BCUT2D eigenvalue weighted by Gasteiger charge is 2.33. The molecule has 0 radical (unpaired) electrons. The van der Waals surface area contributed by atoms with E-state index in [1.807, 2.05) is 0 Å². The quantitative estimate of drug-likeness (QED) is 0.734. The summed E-state index contributed by atoms with van der Waals surface area (Å²) in [6.45, 7) is 3.34. The van der Waals surface area contributed by atoms with Crippen LogP contribution >= 0.6 is 0 Å². The molecule has 1 aliphatic heterocycles. The Morgan fingerprint density at radius 1 is 1.20 bits per heavy atom. The molecule has 2 rings (SSSR count). The van der Waals surface area contributed by atoms with Gasteiger partial charge in [0.15, 0.2) is 0 Å². The molecule has 0 bridgehead atoms. The van der Waals surface area contributed by atoms with E-state index in [1.165, 1.54) is 44.9 Å². The van der Waals surface area contributed by atoms with Gasteiger partial charge in [-0.2, -0.15) is 0 Å². The van der Waals surface area contributed by atoms with E-state index in [-0.39, 0.29) is 0 Å². The summed E-state index contributed by atoms with van der Waals surface area (Å²) in [6.07, 6.45) is 9.80. The fourth-order valence-corrected chi connectivity index (χ4v) is 3.58. The van der Waals surface area contributed by atoms with Crippen molar-refractivity contribution in [3.63, 3.8) is 0 Å². The molecule has 1 saturated heterocycles. The maximum atomic E-state index is 6.09. The Morgan fingerprint density at radius 3 is 2.60 bits per heavy atom. The van der Waals surface area contributed by atoms with Crippen LogP contribution in [0.25, 0.3) is 0 Å². The third kappa shape index (κ3) is 2.73. The predicted molar refractivity (Wildman–Crippen MR) is 64.7 cm³/mol. The van der Waals surface area contributed by atoms with Gasteiger partial charge in [-0.25, -0.2) is 0 Å². The van der Waals surface area contributed by atoms with Crippen LogP contribution < -0.4 is 11.1 Å². The standard InChI is InChI=1S/C13H26N2/c1-2-13-12(8-11(14)9-15-13)10-6-4-3-5-7-10/h10-13,15H,2-9,14H2,1H3. The molecule has 3 N–H and O–H groups in total. The number of nitrogens with two attached hydrogens (primary N) is 1. The van der Waals surface area contributed by atoms with E-state index in [4.69, 9.17) is 5.73 Å². The van der Waals surface area contributed by atoms with Crippen LogP contribution in [-0.2, 0) is 0 Å². The lowest BCUT2D eigenvalue weighted by atomic mass is 9.72. The lowest BCUT2D eigenvalue weighted by molar-refractivity contribution is 0.144. The van der Waals surface area contributed by atoms with Crippen LogP contribution in [0.15, 0.2) is 0 Å². The summed E-state index contributed by atoms with van der Waals surface area (Å²) in [5.74, 6) is 1.82. The third-order valence-corrected chi connectivity index (χ3v) is 4.43. The summed E-state index contributed by atoms with van der Waals surface area (Å²) in [6, 6.07) is 1.15. The first kappa shape index (κ1) is 11.4. The molecule has 2 fully saturated rings. The highest BCUT2D eigenvalue weighted by molar-refractivity contribution is 4.90. The van der Waals surface area contributed by atoms with Crippen molar-refractivity contribution in [3.05, 3.63) is 0 Å². The zero-order valence-electron chi connectivity index (χ0n) is 10.0. The predicted octanol–water partition coefficient (Wildman–Crippen LogP) is 2.28. The average Bonchev–Trinajstić information content (AvgIpc) is 2.30.